The third-order valence-corrected chi connectivity index (χ3v) is 3.42. The number of hydrogen-bond acceptors (Lipinski definition) is 4. The van der Waals surface area contributed by atoms with Crippen molar-refractivity contribution in [1.82, 2.24) is 4.98 Å². The standard InChI is InChI=1S/C16H14F2N2O2S/c1-23-15-9-7-12(10-19-15)20-14(21)8-6-11-4-2-3-5-13(11)22-16(17)18/h2-10,16H,1H3,(H,20,21)/b8-6+. The van der Waals surface area contributed by atoms with Gasteiger partial charge in [-0.2, -0.15) is 8.78 Å². The molecule has 7 heteroatoms. The van der Waals surface area contributed by atoms with E-state index in [-0.39, 0.29) is 5.75 Å². The summed E-state index contributed by atoms with van der Waals surface area (Å²) >= 11 is 1.50. The van der Waals surface area contributed by atoms with Gasteiger partial charge in [-0.15, -0.1) is 11.8 Å². The summed E-state index contributed by atoms with van der Waals surface area (Å²) in [5, 5.41) is 3.48. The Hall–Kier alpha value is -2.41. The molecule has 0 unspecified atom stereocenters. The van der Waals surface area contributed by atoms with Crippen LogP contribution in [0.25, 0.3) is 6.08 Å². The molecule has 1 aromatic heterocycles. The fraction of sp³-hybridized carbons (Fsp3) is 0.125. The number of carbonyl (C=O) groups is 1. The number of aromatic nitrogens is 1. The van der Waals surface area contributed by atoms with Gasteiger partial charge in [-0.3, -0.25) is 4.79 Å². The first-order chi connectivity index (χ1) is 11.1. The van der Waals surface area contributed by atoms with Crippen LogP contribution in [0.2, 0.25) is 0 Å². The highest BCUT2D eigenvalue weighted by molar-refractivity contribution is 7.98. The van der Waals surface area contributed by atoms with Crippen molar-refractivity contribution in [1.29, 1.82) is 0 Å². The van der Waals surface area contributed by atoms with Crippen LogP contribution in [0.3, 0.4) is 0 Å². The number of nitrogens with one attached hydrogen (secondary N) is 1. The van der Waals surface area contributed by atoms with Crippen LogP contribution in [-0.4, -0.2) is 23.8 Å². The first kappa shape index (κ1) is 17.0. The predicted octanol–water partition coefficient (Wildman–Crippen LogP) is 4.06. The fourth-order valence-corrected chi connectivity index (χ4v) is 2.11. The molecule has 0 aliphatic rings. The molecule has 0 saturated carbocycles. The van der Waals surface area contributed by atoms with Gasteiger partial charge in [-0.25, -0.2) is 4.98 Å². The zero-order valence-corrected chi connectivity index (χ0v) is 13.0. The van der Waals surface area contributed by atoms with Crippen LogP contribution in [0.4, 0.5) is 14.5 Å². The zero-order valence-electron chi connectivity index (χ0n) is 12.2. The number of thioether (sulfide) groups is 1. The molecule has 1 N–H and O–H groups in total. The quantitative estimate of drug-likeness (QED) is 0.638. The van der Waals surface area contributed by atoms with Gasteiger partial charge in [0.1, 0.15) is 5.75 Å². The highest BCUT2D eigenvalue weighted by Gasteiger charge is 2.07. The van der Waals surface area contributed by atoms with Gasteiger partial charge >= 0.3 is 6.61 Å². The third-order valence-electron chi connectivity index (χ3n) is 2.76. The number of carbonyl (C=O) groups excluding carboxylic acids is 1. The lowest BCUT2D eigenvalue weighted by Crippen LogP contribution is -2.08. The van der Waals surface area contributed by atoms with Crippen molar-refractivity contribution < 1.29 is 18.3 Å². The van der Waals surface area contributed by atoms with E-state index in [1.54, 1.807) is 36.5 Å². The number of amides is 1. The summed E-state index contributed by atoms with van der Waals surface area (Å²) in [6.45, 7) is -2.92. The Balaban J connectivity index is 2.03. The van der Waals surface area contributed by atoms with Gasteiger partial charge in [0.25, 0.3) is 0 Å². The zero-order chi connectivity index (χ0) is 16.7. The molecule has 4 nitrogen and oxygen atoms in total. The van der Waals surface area contributed by atoms with Gasteiger partial charge in [-0.05, 0) is 30.5 Å². The molecule has 0 spiro atoms. The summed E-state index contributed by atoms with van der Waals surface area (Å²) in [5.74, 6) is -0.381. The lowest BCUT2D eigenvalue weighted by atomic mass is 10.2. The largest absolute Gasteiger partial charge is 0.434 e. The predicted molar refractivity (Wildman–Crippen MR) is 86.8 cm³/mol. The minimum absolute atomic E-state index is 0.0116. The second kappa shape index (κ2) is 8.28. The van der Waals surface area contributed by atoms with E-state index in [2.05, 4.69) is 15.0 Å². The van der Waals surface area contributed by atoms with E-state index < -0.39 is 12.5 Å². The molecule has 0 fully saturated rings. The molecule has 0 atom stereocenters. The topological polar surface area (TPSA) is 51.2 Å². The smallest absolute Gasteiger partial charge is 0.387 e. The van der Waals surface area contributed by atoms with E-state index in [0.29, 0.717) is 11.3 Å². The van der Waals surface area contributed by atoms with Crippen LogP contribution in [0.15, 0.2) is 53.7 Å². The van der Waals surface area contributed by atoms with Crippen molar-refractivity contribution >= 4 is 29.4 Å². The van der Waals surface area contributed by atoms with Gasteiger partial charge in [0.05, 0.1) is 16.9 Å². The average molecular weight is 336 g/mol. The summed E-state index contributed by atoms with van der Waals surface area (Å²) in [5.41, 5.74) is 0.938. The van der Waals surface area contributed by atoms with E-state index in [1.165, 1.54) is 30.0 Å². The van der Waals surface area contributed by atoms with Crippen molar-refractivity contribution in [2.24, 2.45) is 0 Å². The SMILES string of the molecule is CSc1ccc(NC(=O)/C=C/c2ccccc2OC(F)F)cn1. The second-order valence-electron chi connectivity index (χ2n) is 4.33. The van der Waals surface area contributed by atoms with Crippen molar-refractivity contribution in [2.75, 3.05) is 11.6 Å². The molecule has 23 heavy (non-hydrogen) atoms. The number of rotatable bonds is 6. The van der Waals surface area contributed by atoms with E-state index in [9.17, 15) is 13.6 Å². The number of alkyl halides is 2. The van der Waals surface area contributed by atoms with Gasteiger partial charge in [-0.1, -0.05) is 18.2 Å². The van der Waals surface area contributed by atoms with Crippen LogP contribution < -0.4 is 10.1 Å². The maximum absolute atomic E-state index is 12.3. The van der Waals surface area contributed by atoms with Crippen LogP contribution in [0.1, 0.15) is 5.56 Å². The molecular weight excluding hydrogens is 322 g/mol. The molecule has 0 saturated heterocycles. The molecule has 2 rings (SSSR count). The highest BCUT2D eigenvalue weighted by Crippen LogP contribution is 2.21. The Morgan fingerprint density at radius 1 is 1.30 bits per heavy atom. The highest BCUT2D eigenvalue weighted by atomic mass is 32.2. The number of ether oxygens (including phenoxy) is 1. The number of anilines is 1. The molecule has 0 radical (unpaired) electrons. The number of nitrogens with zero attached hydrogens (tertiary/aromatic N) is 1. The molecule has 2 aromatic rings. The molecular formula is C16H14F2N2O2S. The maximum atomic E-state index is 12.3. The van der Waals surface area contributed by atoms with Crippen molar-refractivity contribution in [3.63, 3.8) is 0 Å². The number of pyridine rings is 1. The maximum Gasteiger partial charge on any atom is 0.387 e. The number of halogens is 2. The Kier molecular flexibility index (Phi) is 6.10. The average Bonchev–Trinajstić information content (AvgIpc) is 2.54. The molecule has 1 heterocycles. The van der Waals surface area contributed by atoms with Crippen LogP contribution in [0, 0.1) is 0 Å². The van der Waals surface area contributed by atoms with Crippen molar-refractivity contribution in [3.8, 4) is 5.75 Å². The summed E-state index contributed by atoms with van der Waals surface area (Å²) in [7, 11) is 0. The van der Waals surface area contributed by atoms with E-state index in [1.807, 2.05) is 6.26 Å². The second-order valence-corrected chi connectivity index (χ2v) is 5.15. The van der Waals surface area contributed by atoms with E-state index in [4.69, 9.17) is 0 Å². The molecule has 0 bridgehead atoms. The Bertz CT molecular complexity index is 691. The first-order valence-electron chi connectivity index (χ1n) is 6.61. The van der Waals surface area contributed by atoms with Crippen molar-refractivity contribution in [3.05, 3.63) is 54.2 Å². The first-order valence-corrected chi connectivity index (χ1v) is 7.84. The summed E-state index contributed by atoms with van der Waals surface area (Å²) < 4.78 is 29.0. The van der Waals surface area contributed by atoms with E-state index in [0.717, 1.165) is 5.03 Å². The van der Waals surface area contributed by atoms with Crippen LogP contribution in [0.5, 0.6) is 5.75 Å². The lowest BCUT2D eigenvalue weighted by molar-refractivity contribution is -0.111. The molecule has 0 aliphatic carbocycles. The van der Waals surface area contributed by atoms with Gasteiger partial charge in [0.2, 0.25) is 5.91 Å². The lowest BCUT2D eigenvalue weighted by Gasteiger charge is -2.07. The van der Waals surface area contributed by atoms with Gasteiger partial charge < -0.3 is 10.1 Å². The molecule has 1 amide bonds. The van der Waals surface area contributed by atoms with Crippen molar-refractivity contribution in [2.45, 2.75) is 11.6 Å². The minimum Gasteiger partial charge on any atom is -0.434 e. The van der Waals surface area contributed by atoms with Gasteiger partial charge in [0, 0.05) is 11.6 Å². The monoisotopic (exact) mass is 336 g/mol. The third kappa shape index (κ3) is 5.37. The van der Waals surface area contributed by atoms with Crippen LogP contribution in [-0.2, 0) is 4.79 Å². The van der Waals surface area contributed by atoms with Gasteiger partial charge in [0.15, 0.2) is 0 Å². The number of para-hydroxylation sites is 1. The molecule has 0 aliphatic heterocycles. The number of benzene rings is 1. The Labute approximate surface area is 136 Å². The Morgan fingerprint density at radius 2 is 2.09 bits per heavy atom. The summed E-state index contributed by atoms with van der Waals surface area (Å²) in [6.07, 6.45) is 6.11. The normalized spacial score (nSPS) is 11.0. The van der Waals surface area contributed by atoms with Crippen LogP contribution >= 0.6 is 11.8 Å². The molecule has 1 aromatic carbocycles. The fourth-order valence-electron chi connectivity index (χ4n) is 1.75. The molecule has 120 valence electrons. The van der Waals surface area contributed by atoms with E-state index >= 15 is 0 Å². The number of hydrogen-bond donors (Lipinski definition) is 1. The minimum atomic E-state index is -2.92. The summed E-state index contributed by atoms with van der Waals surface area (Å²) in [4.78, 5) is 16.0. The Morgan fingerprint density at radius 3 is 2.74 bits per heavy atom. The summed E-state index contributed by atoms with van der Waals surface area (Å²) in [6, 6.07) is 9.76.